The van der Waals surface area contributed by atoms with Gasteiger partial charge in [0.05, 0.1) is 0 Å². The van der Waals surface area contributed by atoms with Crippen LogP contribution in [0, 0.1) is 5.82 Å². The first kappa shape index (κ1) is 14.8. The Morgan fingerprint density at radius 1 is 1.24 bits per heavy atom. The number of benzene rings is 2. The molecule has 0 bridgehead atoms. The largest absolute Gasteiger partial charge is 0.485 e. The first-order chi connectivity index (χ1) is 10.1. The van der Waals surface area contributed by atoms with Crippen molar-refractivity contribution in [1.29, 1.82) is 0 Å². The number of fused-ring (bicyclic) bond motifs is 1. The van der Waals surface area contributed by atoms with Gasteiger partial charge in [0.25, 0.3) is 0 Å². The van der Waals surface area contributed by atoms with Gasteiger partial charge in [-0.3, -0.25) is 0 Å². The number of halogens is 3. The number of hydrogen-bond acceptors (Lipinski definition) is 2. The van der Waals surface area contributed by atoms with Crippen LogP contribution in [0.25, 0.3) is 0 Å². The fourth-order valence-corrected chi connectivity index (χ4v) is 3.23. The van der Waals surface area contributed by atoms with Gasteiger partial charge in [0.2, 0.25) is 0 Å². The number of hydrogen-bond donors (Lipinski definition) is 1. The standard InChI is InChI=1S/C16H14BrClFNO/c1-20-14-8-16(11-6-9(17)2-4-13(11)19)21-15-5-3-10(18)7-12(14)15/h2-7,14,16,20H,8H2,1H3. The summed E-state index contributed by atoms with van der Waals surface area (Å²) in [7, 11) is 1.88. The molecule has 2 unspecified atom stereocenters. The second-order valence-corrected chi connectivity index (χ2v) is 6.38. The minimum atomic E-state index is -0.325. The molecule has 1 N–H and O–H groups in total. The summed E-state index contributed by atoms with van der Waals surface area (Å²) in [6.45, 7) is 0. The maximum Gasteiger partial charge on any atom is 0.130 e. The Labute approximate surface area is 136 Å². The van der Waals surface area contributed by atoms with E-state index in [1.54, 1.807) is 18.2 Å². The van der Waals surface area contributed by atoms with Gasteiger partial charge in [-0.1, -0.05) is 27.5 Å². The zero-order chi connectivity index (χ0) is 15.0. The van der Waals surface area contributed by atoms with Crippen molar-refractivity contribution < 1.29 is 9.13 Å². The molecule has 2 aromatic carbocycles. The molecule has 0 aliphatic carbocycles. The molecule has 1 aliphatic heterocycles. The van der Waals surface area contributed by atoms with Crippen LogP contribution >= 0.6 is 27.5 Å². The third kappa shape index (κ3) is 2.93. The van der Waals surface area contributed by atoms with Gasteiger partial charge in [-0.2, -0.15) is 0 Å². The third-order valence-electron chi connectivity index (χ3n) is 3.72. The summed E-state index contributed by atoms with van der Waals surface area (Å²) < 4.78 is 20.9. The van der Waals surface area contributed by atoms with Crippen LogP contribution in [0.2, 0.25) is 5.02 Å². The van der Waals surface area contributed by atoms with Crippen molar-refractivity contribution in [3.8, 4) is 5.75 Å². The van der Waals surface area contributed by atoms with Gasteiger partial charge >= 0.3 is 0 Å². The van der Waals surface area contributed by atoms with E-state index >= 15 is 0 Å². The van der Waals surface area contributed by atoms with Crippen LogP contribution in [-0.4, -0.2) is 7.05 Å². The Morgan fingerprint density at radius 2 is 2.05 bits per heavy atom. The molecule has 0 spiro atoms. The zero-order valence-electron chi connectivity index (χ0n) is 11.4. The molecule has 1 aliphatic rings. The van der Waals surface area contributed by atoms with E-state index in [1.165, 1.54) is 6.07 Å². The van der Waals surface area contributed by atoms with Gasteiger partial charge in [-0.05, 0) is 43.4 Å². The summed E-state index contributed by atoms with van der Waals surface area (Å²) in [5, 5.41) is 3.92. The molecule has 0 saturated heterocycles. The fraction of sp³-hybridized carbons (Fsp3) is 0.250. The molecule has 0 aromatic heterocycles. The highest BCUT2D eigenvalue weighted by atomic mass is 79.9. The van der Waals surface area contributed by atoms with Crippen molar-refractivity contribution in [2.24, 2.45) is 0 Å². The molecular weight excluding hydrogens is 357 g/mol. The van der Waals surface area contributed by atoms with Crippen LogP contribution in [0.5, 0.6) is 5.75 Å². The molecule has 21 heavy (non-hydrogen) atoms. The van der Waals surface area contributed by atoms with Crippen LogP contribution in [0.4, 0.5) is 4.39 Å². The number of rotatable bonds is 2. The first-order valence-electron chi connectivity index (χ1n) is 6.67. The van der Waals surface area contributed by atoms with Crippen LogP contribution in [0.3, 0.4) is 0 Å². The molecule has 0 fully saturated rings. The van der Waals surface area contributed by atoms with Crippen LogP contribution in [0.1, 0.15) is 29.7 Å². The van der Waals surface area contributed by atoms with E-state index in [9.17, 15) is 4.39 Å². The Morgan fingerprint density at radius 3 is 2.81 bits per heavy atom. The Kier molecular flexibility index (Phi) is 4.20. The Bertz CT molecular complexity index is 679. The van der Waals surface area contributed by atoms with Crippen molar-refractivity contribution >= 4 is 27.5 Å². The van der Waals surface area contributed by atoms with Crippen molar-refractivity contribution in [3.05, 3.63) is 62.8 Å². The summed E-state index contributed by atoms with van der Waals surface area (Å²) in [6, 6.07) is 10.5. The predicted octanol–water partition coefficient (Wildman–Crippen LogP) is 5.03. The smallest absolute Gasteiger partial charge is 0.130 e. The van der Waals surface area contributed by atoms with E-state index in [4.69, 9.17) is 16.3 Å². The second-order valence-electron chi connectivity index (χ2n) is 5.03. The maximum atomic E-state index is 14.1. The van der Waals surface area contributed by atoms with E-state index < -0.39 is 0 Å². The van der Waals surface area contributed by atoms with Gasteiger partial charge < -0.3 is 10.1 Å². The number of nitrogens with one attached hydrogen (secondary N) is 1. The molecule has 2 atom stereocenters. The lowest BCUT2D eigenvalue weighted by molar-refractivity contribution is 0.150. The van der Waals surface area contributed by atoms with Crippen molar-refractivity contribution in [1.82, 2.24) is 5.32 Å². The summed E-state index contributed by atoms with van der Waals surface area (Å²) in [4.78, 5) is 0. The summed E-state index contributed by atoms with van der Waals surface area (Å²) >= 11 is 9.43. The van der Waals surface area contributed by atoms with Crippen molar-refractivity contribution in [2.75, 3.05) is 7.05 Å². The van der Waals surface area contributed by atoms with Gasteiger partial charge in [0, 0.05) is 33.1 Å². The minimum absolute atomic E-state index is 0.0795. The quantitative estimate of drug-likeness (QED) is 0.801. The highest BCUT2D eigenvalue weighted by molar-refractivity contribution is 9.10. The van der Waals surface area contributed by atoms with E-state index in [0.29, 0.717) is 17.0 Å². The molecule has 0 saturated carbocycles. The molecule has 3 rings (SSSR count). The lowest BCUT2D eigenvalue weighted by atomic mass is 9.93. The van der Waals surface area contributed by atoms with Gasteiger partial charge in [-0.15, -0.1) is 0 Å². The monoisotopic (exact) mass is 369 g/mol. The molecule has 110 valence electrons. The second kappa shape index (κ2) is 5.95. The van der Waals surface area contributed by atoms with Crippen molar-refractivity contribution in [2.45, 2.75) is 18.6 Å². The third-order valence-corrected chi connectivity index (χ3v) is 4.45. The Hall–Kier alpha value is -1.10. The SMILES string of the molecule is CNC1CC(c2cc(Br)ccc2F)Oc2ccc(Cl)cc21. The minimum Gasteiger partial charge on any atom is -0.485 e. The Balaban J connectivity index is 2.00. The molecule has 2 aromatic rings. The van der Waals surface area contributed by atoms with E-state index in [1.807, 2.05) is 19.2 Å². The summed E-state index contributed by atoms with van der Waals surface area (Å²) in [5.74, 6) is 0.491. The molecular formula is C16H14BrClFNO. The topological polar surface area (TPSA) is 21.3 Å². The fourth-order valence-electron chi connectivity index (χ4n) is 2.67. The normalized spacial score (nSPS) is 20.8. The molecule has 0 radical (unpaired) electrons. The van der Waals surface area contributed by atoms with Crippen LogP contribution in [0.15, 0.2) is 40.9 Å². The molecule has 0 amide bonds. The van der Waals surface area contributed by atoms with E-state index in [-0.39, 0.29) is 18.0 Å². The first-order valence-corrected chi connectivity index (χ1v) is 7.84. The summed E-state index contributed by atoms with van der Waals surface area (Å²) in [6.07, 6.45) is 0.325. The number of ether oxygens (including phenoxy) is 1. The van der Waals surface area contributed by atoms with E-state index in [2.05, 4.69) is 21.2 Å². The average molecular weight is 371 g/mol. The summed E-state index contributed by atoms with van der Waals surface area (Å²) in [5.41, 5.74) is 1.57. The average Bonchev–Trinajstić information content (AvgIpc) is 2.48. The lowest BCUT2D eigenvalue weighted by Crippen LogP contribution is -2.27. The molecule has 2 nitrogen and oxygen atoms in total. The highest BCUT2D eigenvalue weighted by Gasteiger charge is 2.30. The lowest BCUT2D eigenvalue weighted by Gasteiger charge is -2.32. The highest BCUT2D eigenvalue weighted by Crippen LogP contribution is 2.42. The van der Waals surface area contributed by atoms with Crippen LogP contribution in [-0.2, 0) is 0 Å². The van der Waals surface area contributed by atoms with Crippen LogP contribution < -0.4 is 10.1 Å². The van der Waals surface area contributed by atoms with Gasteiger partial charge in [-0.25, -0.2) is 4.39 Å². The predicted molar refractivity (Wildman–Crippen MR) is 85.3 cm³/mol. The van der Waals surface area contributed by atoms with Gasteiger partial charge in [0.15, 0.2) is 0 Å². The van der Waals surface area contributed by atoms with Crippen molar-refractivity contribution in [3.63, 3.8) is 0 Å². The molecule has 1 heterocycles. The van der Waals surface area contributed by atoms with E-state index in [0.717, 1.165) is 15.8 Å². The molecule has 5 heteroatoms. The maximum absolute atomic E-state index is 14.1. The zero-order valence-corrected chi connectivity index (χ0v) is 13.7. The van der Waals surface area contributed by atoms with Gasteiger partial charge in [0.1, 0.15) is 17.7 Å².